The van der Waals surface area contributed by atoms with Crippen molar-refractivity contribution in [1.82, 2.24) is 0 Å². The van der Waals surface area contributed by atoms with Crippen molar-refractivity contribution in [3.63, 3.8) is 0 Å². The van der Waals surface area contributed by atoms with Crippen LogP contribution in [0.3, 0.4) is 0 Å². The molecule has 3 aromatic carbocycles. The average molecular weight is 407 g/mol. The van der Waals surface area contributed by atoms with E-state index in [9.17, 15) is 0 Å². The summed E-state index contributed by atoms with van der Waals surface area (Å²) in [6.07, 6.45) is 4.54. The van der Waals surface area contributed by atoms with Gasteiger partial charge in [-0.25, -0.2) is 0 Å². The van der Waals surface area contributed by atoms with Crippen molar-refractivity contribution in [2.45, 2.75) is 0 Å². The summed E-state index contributed by atoms with van der Waals surface area (Å²) in [4.78, 5) is 1.31. The van der Waals surface area contributed by atoms with Crippen LogP contribution in [0.5, 0.6) is 0 Å². The smallest absolute Gasteiger partial charge is 0.0700 e. The summed E-state index contributed by atoms with van der Waals surface area (Å²) in [5.41, 5.74) is 1.30. The van der Waals surface area contributed by atoms with Crippen molar-refractivity contribution in [3.8, 4) is 0 Å². The Hall–Kier alpha value is -1.46. The third-order valence-electron chi connectivity index (χ3n) is 4.29. The molecule has 0 bridgehead atoms. The summed E-state index contributed by atoms with van der Waals surface area (Å²) < 4.78 is 2.79. The summed E-state index contributed by atoms with van der Waals surface area (Å²) in [7, 11) is 0. The molecule has 0 radical (unpaired) electrons. The summed E-state index contributed by atoms with van der Waals surface area (Å²) in [6, 6.07) is 19.6. The van der Waals surface area contributed by atoms with Crippen molar-refractivity contribution in [2.24, 2.45) is 0 Å². The quantitative estimate of drug-likeness (QED) is 0.392. The summed E-state index contributed by atoms with van der Waals surface area (Å²) in [5.74, 6) is 0. The van der Waals surface area contributed by atoms with E-state index in [1.165, 1.54) is 40.5 Å². The van der Waals surface area contributed by atoms with Crippen molar-refractivity contribution in [3.05, 3.63) is 95.8 Å². The standard InChI is InChI=1S/C22H14S4/c1-3-7-18-15(5-1)13-16-6-2-4-8-19(16)20(18)10-9-17-14-25-22(26-17)21-23-11-12-24-21/h1-14H. The molecule has 0 spiro atoms. The van der Waals surface area contributed by atoms with E-state index in [4.69, 9.17) is 0 Å². The number of benzene rings is 3. The van der Waals surface area contributed by atoms with Crippen molar-refractivity contribution < 1.29 is 0 Å². The third kappa shape index (κ3) is 3.16. The Morgan fingerprint density at radius 2 is 1.31 bits per heavy atom. The first-order chi connectivity index (χ1) is 12.9. The van der Waals surface area contributed by atoms with Gasteiger partial charge in [-0.3, -0.25) is 0 Å². The topological polar surface area (TPSA) is 0 Å². The van der Waals surface area contributed by atoms with Gasteiger partial charge in [0.2, 0.25) is 0 Å². The van der Waals surface area contributed by atoms with Crippen LogP contribution in [0, 0.1) is 0 Å². The highest BCUT2D eigenvalue weighted by atomic mass is 32.2. The fourth-order valence-corrected chi connectivity index (χ4v) is 7.48. The predicted molar refractivity (Wildman–Crippen MR) is 125 cm³/mol. The highest BCUT2D eigenvalue weighted by molar-refractivity contribution is 8.33. The van der Waals surface area contributed by atoms with Gasteiger partial charge in [-0.15, -0.1) is 0 Å². The van der Waals surface area contributed by atoms with E-state index < -0.39 is 0 Å². The van der Waals surface area contributed by atoms with Crippen molar-refractivity contribution >= 4 is 74.7 Å². The van der Waals surface area contributed by atoms with Crippen molar-refractivity contribution in [1.29, 1.82) is 0 Å². The van der Waals surface area contributed by atoms with Crippen LogP contribution in [0.15, 0.2) is 90.3 Å². The van der Waals surface area contributed by atoms with E-state index in [0.717, 1.165) is 0 Å². The van der Waals surface area contributed by atoms with Crippen LogP contribution < -0.4 is 0 Å². The highest BCUT2D eigenvalue weighted by Gasteiger charge is 2.17. The molecule has 2 heterocycles. The molecule has 0 N–H and O–H groups in total. The van der Waals surface area contributed by atoms with Crippen molar-refractivity contribution in [2.75, 3.05) is 0 Å². The van der Waals surface area contributed by atoms with Gasteiger partial charge in [0.05, 0.1) is 8.47 Å². The molecule has 0 unspecified atom stereocenters. The largest absolute Gasteiger partial charge is 0.0884 e. The normalized spacial score (nSPS) is 17.2. The molecule has 0 aliphatic carbocycles. The maximum absolute atomic E-state index is 2.28. The van der Waals surface area contributed by atoms with E-state index in [1.54, 1.807) is 0 Å². The van der Waals surface area contributed by atoms with Gasteiger partial charge in [-0.1, -0.05) is 102 Å². The maximum Gasteiger partial charge on any atom is 0.0700 e. The van der Waals surface area contributed by atoms with Crippen LogP contribution in [-0.2, 0) is 0 Å². The van der Waals surface area contributed by atoms with Crippen LogP contribution >= 0.6 is 47.0 Å². The molecule has 5 rings (SSSR count). The summed E-state index contributed by atoms with van der Waals surface area (Å²) in [5, 5.41) is 11.8. The first kappa shape index (κ1) is 16.7. The molecule has 0 nitrogen and oxygen atoms in total. The van der Waals surface area contributed by atoms with Gasteiger partial charge in [0.25, 0.3) is 0 Å². The molecular formula is C22H14S4. The zero-order valence-electron chi connectivity index (χ0n) is 13.7. The van der Waals surface area contributed by atoms with E-state index in [2.05, 4.69) is 83.0 Å². The summed E-state index contributed by atoms with van der Waals surface area (Å²) in [6.45, 7) is 0. The van der Waals surface area contributed by atoms with Gasteiger partial charge < -0.3 is 0 Å². The molecule has 3 aromatic rings. The lowest BCUT2D eigenvalue weighted by atomic mass is 9.96. The minimum absolute atomic E-state index is 1.29. The van der Waals surface area contributed by atoms with Crippen LogP contribution in [0.4, 0.5) is 0 Å². The minimum Gasteiger partial charge on any atom is -0.0884 e. The van der Waals surface area contributed by atoms with Gasteiger partial charge in [0.1, 0.15) is 0 Å². The highest BCUT2D eigenvalue weighted by Crippen LogP contribution is 2.53. The molecule has 0 saturated heterocycles. The number of rotatable bonds is 2. The van der Waals surface area contributed by atoms with Gasteiger partial charge in [0.15, 0.2) is 0 Å². The number of hydrogen-bond donors (Lipinski definition) is 0. The maximum atomic E-state index is 2.28. The number of thioether (sulfide) groups is 4. The SMILES string of the molecule is C1=CSC(=C2SC=C(C=Cc3c4ccccc4cc4ccccc34)S2)S1. The van der Waals surface area contributed by atoms with E-state index >= 15 is 0 Å². The average Bonchev–Trinajstić information content (AvgIpc) is 3.36. The second kappa shape index (κ2) is 7.28. The molecule has 26 heavy (non-hydrogen) atoms. The zero-order valence-corrected chi connectivity index (χ0v) is 17.0. The Labute approximate surface area is 169 Å². The molecule has 0 atom stereocenters. The Bertz CT molecular complexity index is 1070. The van der Waals surface area contributed by atoms with Gasteiger partial charge >= 0.3 is 0 Å². The number of hydrogen-bond acceptors (Lipinski definition) is 4. The second-order valence-corrected chi connectivity index (χ2v) is 10.2. The molecule has 2 aliphatic heterocycles. The Morgan fingerprint density at radius 1 is 0.654 bits per heavy atom. The Balaban J connectivity index is 1.54. The second-order valence-electron chi connectivity index (χ2n) is 5.89. The molecule has 0 amide bonds. The van der Waals surface area contributed by atoms with Gasteiger partial charge in [0, 0.05) is 4.91 Å². The first-order valence-electron chi connectivity index (χ1n) is 8.24. The molecule has 0 saturated carbocycles. The molecule has 2 aliphatic rings. The Morgan fingerprint density at radius 3 is 2.00 bits per heavy atom. The van der Waals surface area contributed by atoms with Crippen LogP contribution in [0.2, 0.25) is 0 Å². The van der Waals surface area contributed by atoms with Gasteiger partial charge in [-0.2, -0.15) is 0 Å². The lowest BCUT2D eigenvalue weighted by Gasteiger charge is -2.08. The van der Waals surface area contributed by atoms with Crippen LogP contribution in [-0.4, -0.2) is 0 Å². The van der Waals surface area contributed by atoms with E-state index in [1.807, 2.05) is 47.0 Å². The molecule has 4 heteroatoms. The minimum atomic E-state index is 1.29. The molecule has 0 aromatic heterocycles. The number of allylic oxidation sites excluding steroid dienone is 1. The zero-order chi connectivity index (χ0) is 17.3. The lowest BCUT2D eigenvalue weighted by Crippen LogP contribution is -1.83. The fourth-order valence-electron chi connectivity index (χ4n) is 3.13. The third-order valence-corrected chi connectivity index (χ3v) is 9.30. The van der Waals surface area contributed by atoms with Crippen LogP contribution in [0.25, 0.3) is 27.6 Å². The van der Waals surface area contributed by atoms with E-state index in [0.29, 0.717) is 0 Å². The lowest BCUT2D eigenvalue weighted by molar-refractivity contribution is 1.74. The monoisotopic (exact) mass is 406 g/mol. The van der Waals surface area contributed by atoms with E-state index in [-0.39, 0.29) is 0 Å². The molecule has 126 valence electrons. The van der Waals surface area contributed by atoms with Gasteiger partial charge in [-0.05, 0) is 55.5 Å². The predicted octanol–water partition coefficient (Wildman–Crippen LogP) is 8.41. The molecule has 0 fully saturated rings. The Kier molecular flexibility index (Phi) is 4.67. The number of fused-ring (bicyclic) bond motifs is 2. The summed E-state index contributed by atoms with van der Waals surface area (Å²) >= 11 is 7.36. The van der Waals surface area contributed by atoms with Crippen LogP contribution in [0.1, 0.15) is 5.56 Å². The molecular weight excluding hydrogens is 393 g/mol. The first-order valence-corrected chi connectivity index (χ1v) is 11.7. The fraction of sp³-hybridized carbons (Fsp3) is 0.